The third-order valence-corrected chi connectivity index (χ3v) is 4.17. The summed E-state index contributed by atoms with van der Waals surface area (Å²) in [6.45, 7) is 0. The van der Waals surface area contributed by atoms with Crippen molar-refractivity contribution in [1.29, 1.82) is 0 Å². The zero-order valence-electron chi connectivity index (χ0n) is 15.0. The van der Waals surface area contributed by atoms with Crippen LogP contribution in [0.2, 0.25) is 0 Å². The molecule has 8 heteroatoms. The van der Waals surface area contributed by atoms with Gasteiger partial charge < -0.3 is 4.74 Å². The second-order valence-electron chi connectivity index (χ2n) is 5.90. The molecule has 0 atom stereocenters. The lowest BCUT2D eigenvalue weighted by Gasteiger charge is -2.07. The summed E-state index contributed by atoms with van der Waals surface area (Å²) in [5, 5.41) is 18.1. The maximum atomic E-state index is 11.5. The minimum Gasteiger partial charge on any atom is -0.465 e. The molecular weight excluding hydrogens is 356 g/mol. The molecule has 0 spiro atoms. The number of ether oxygens (including phenoxy) is 1. The maximum absolute atomic E-state index is 11.5. The van der Waals surface area contributed by atoms with Gasteiger partial charge >= 0.3 is 5.97 Å². The molecule has 4 aromatic rings. The number of hydrogen-bond donors (Lipinski definition) is 1. The Kier molecular flexibility index (Phi) is 4.75. The van der Waals surface area contributed by atoms with E-state index >= 15 is 0 Å². The number of rotatable bonds is 5. The summed E-state index contributed by atoms with van der Waals surface area (Å²) in [4.78, 5) is 11.5. The fourth-order valence-corrected chi connectivity index (χ4v) is 2.80. The topological polar surface area (TPSA) is 94.3 Å². The third kappa shape index (κ3) is 3.43. The fraction of sp³-hybridized carbons (Fsp3) is 0.0500. The number of hydrazone groups is 1. The predicted octanol–water partition coefficient (Wildman–Crippen LogP) is 3.05. The second kappa shape index (κ2) is 7.67. The number of methoxy groups -OCH3 is 1. The smallest absolute Gasteiger partial charge is 0.337 e. The number of esters is 1. The van der Waals surface area contributed by atoms with Crippen molar-refractivity contribution < 1.29 is 9.53 Å². The van der Waals surface area contributed by atoms with Crippen molar-refractivity contribution in [3.05, 3.63) is 77.9 Å². The highest BCUT2D eigenvalue weighted by molar-refractivity contribution is 5.91. The van der Waals surface area contributed by atoms with Crippen LogP contribution in [0.3, 0.4) is 0 Å². The average Bonchev–Trinajstić information content (AvgIpc) is 3.21. The summed E-state index contributed by atoms with van der Waals surface area (Å²) in [5.74, 6) is 0.00895. The number of nitrogens with zero attached hydrogens (tertiary/aromatic N) is 5. The molecule has 0 saturated heterocycles. The van der Waals surface area contributed by atoms with Crippen molar-refractivity contribution in [2.45, 2.75) is 0 Å². The number of anilines is 1. The Bertz CT molecular complexity index is 1150. The zero-order valence-corrected chi connectivity index (χ0v) is 15.0. The average molecular weight is 372 g/mol. The summed E-state index contributed by atoms with van der Waals surface area (Å²) in [7, 11) is 1.35. The third-order valence-electron chi connectivity index (χ3n) is 4.17. The quantitative estimate of drug-likeness (QED) is 0.329. The number of aromatic nitrogens is 4. The lowest BCUT2D eigenvalue weighted by atomic mass is 10.1. The predicted molar refractivity (Wildman–Crippen MR) is 106 cm³/mol. The van der Waals surface area contributed by atoms with E-state index in [0.29, 0.717) is 11.5 Å². The van der Waals surface area contributed by atoms with Crippen LogP contribution in [-0.4, -0.2) is 39.5 Å². The van der Waals surface area contributed by atoms with Crippen molar-refractivity contribution in [3.63, 3.8) is 0 Å². The number of fused-ring (bicyclic) bond motifs is 1. The lowest BCUT2D eigenvalue weighted by molar-refractivity contribution is 0.0600. The number of tetrazole rings is 1. The Labute approximate surface area is 160 Å². The van der Waals surface area contributed by atoms with Crippen LogP contribution in [0.5, 0.6) is 0 Å². The van der Waals surface area contributed by atoms with Crippen LogP contribution in [0.4, 0.5) is 5.95 Å². The molecule has 138 valence electrons. The van der Waals surface area contributed by atoms with Gasteiger partial charge in [0.15, 0.2) is 0 Å². The van der Waals surface area contributed by atoms with Crippen LogP contribution in [0.25, 0.3) is 16.5 Å². The Morgan fingerprint density at radius 2 is 1.86 bits per heavy atom. The van der Waals surface area contributed by atoms with E-state index in [4.69, 9.17) is 0 Å². The zero-order chi connectivity index (χ0) is 19.3. The van der Waals surface area contributed by atoms with Gasteiger partial charge in [-0.05, 0) is 39.6 Å². The molecule has 0 saturated carbocycles. The SMILES string of the molecule is COC(=O)c1ccc(C=NNc2nnnn2-c2cccc3ccccc23)cc1. The molecule has 0 aliphatic carbocycles. The monoisotopic (exact) mass is 372 g/mol. The van der Waals surface area contributed by atoms with Gasteiger partial charge in [-0.1, -0.05) is 53.6 Å². The second-order valence-corrected chi connectivity index (χ2v) is 5.90. The summed E-state index contributed by atoms with van der Waals surface area (Å²) >= 11 is 0. The first kappa shape index (κ1) is 17.3. The number of carbonyl (C=O) groups is 1. The van der Waals surface area contributed by atoms with E-state index in [0.717, 1.165) is 22.0 Å². The standard InChI is InChI=1S/C20H16N6O2/c1-28-19(27)16-11-9-14(10-12-16)13-21-22-20-23-24-25-26(20)18-8-4-6-15-5-2-3-7-17(15)18/h2-13H,1H3,(H,22,23,25). The molecule has 28 heavy (non-hydrogen) atoms. The summed E-state index contributed by atoms with van der Waals surface area (Å²) < 4.78 is 6.28. The molecule has 1 N–H and O–H groups in total. The Morgan fingerprint density at radius 1 is 1.07 bits per heavy atom. The number of benzene rings is 3. The van der Waals surface area contributed by atoms with Crippen LogP contribution in [0.15, 0.2) is 71.8 Å². The van der Waals surface area contributed by atoms with Gasteiger partial charge in [0.25, 0.3) is 5.95 Å². The van der Waals surface area contributed by atoms with Gasteiger partial charge in [-0.25, -0.2) is 10.2 Å². The normalized spacial score (nSPS) is 11.0. The van der Waals surface area contributed by atoms with E-state index in [9.17, 15) is 4.79 Å². The highest BCUT2D eigenvalue weighted by Gasteiger charge is 2.10. The Hall–Kier alpha value is -4.07. The van der Waals surface area contributed by atoms with Crippen molar-refractivity contribution in [2.24, 2.45) is 5.10 Å². The molecule has 0 fully saturated rings. The first-order valence-electron chi connectivity index (χ1n) is 8.50. The Morgan fingerprint density at radius 3 is 2.68 bits per heavy atom. The Balaban J connectivity index is 1.55. The fourth-order valence-electron chi connectivity index (χ4n) is 2.80. The molecule has 8 nitrogen and oxygen atoms in total. The van der Waals surface area contributed by atoms with E-state index in [1.54, 1.807) is 35.2 Å². The highest BCUT2D eigenvalue weighted by atomic mass is 16.5. The molecule has 3 aromatic carbocycles. The number of carbonyl (C=O) groups excluding carboxylic acids is 1. The number of hydrogen-bond acceptors (Lipinski definition) is 7. The van der Waals surface area contributed by atoms with E-state index in [1.165, 1.54) is 7.11 Å². The summed E-state index contributed by atoms with van der Waals surface area (Å²) in [5.41, 5.74) is 5.00. The van der Waals surface area contributed by atoms with E-state index < -0.39 is 0 Å². The lowest BCUT2D eigenvalue weighted by Crippen LogP contribution is -2.04. The minimum absolute atomic E-state index is 0.379. The van der Waals surface area contributed by atoms with Gasteiger partial charge in [-0.2, -0.15) is 9.78 Å². The van der Waals surface area contributed by atoms with Gasteiger partial charge in [0.1, 0.15) is 0 Å². The minimum atomic E-state index is -0.379. The first-order valence-corrected chi connectivity index (χ1v) is 8.50. The van der Waals surface area contributed by atoms with Gasteiger partial charge in [0.05, 0.1) is 24.6 Å². The van der Waals surface area contributed by atoms with Crippen molar-refractivity contribution in [2.75, 3.05) is 12.5 Å². The van der Waals surface area contributed by atoms with Gasteiger partial charge in [0.2, 0.25) is 0 Å². The van der Waals surface area contributed by atoms with Crippen LogP contribution in [0, 0.1) is 0 Å². The maximum Gasteiger partial charge on any atom is 0.337 e. The van der Waals surface area contributed by atoms with Crippen LogP contribution >= 0.6 is 0 Å². The number of nitrogens with one attached hydrogen (secondary N) is 1. The van der Waals surface area contributed by atoms with E-state index in [1.807, 2.05) is 42.5 Å². The van der Waals surface area contributed by atoms with E-state index in [2.05, 4.69) is 30.8 Å². The van der Waals surface area contributed by atoms with Crippen LogP contribution in [0.1, 0.15) is 15.9 Å². The molecule has 4 rings (SSSR count). The largest absolute Gasteiger partial charge is 0.465 e. The summed E-state index contributed by atoms with van der Waals surface area (Å²) in [6.07, 6.45) is 1.61. The van der Waals surface area contributed by atoms with Gasteiger partial charge in [-0.15, -0.1) is 0 Å². The van der Waals surface area contributed by atoms with Crippen LogP contribution in [-0.2, 0) is 4.74 Å². The van der Waals surface area contributed by atoms with Crippen molar-refractivity contribution >= 4 is 28.9 Å². The molecule has 0 radical (unpaired) electrons. The van der Waals surface area contributed by atoms with Crippen LogP contribution < -0.4 is 5.43 Å². The van der Waals surface area contributed by atoms with Crippen molar-refractivity contribution in [3.8, 4) is 5.69 Å². The van der Waals surface area contributed by atoms with Gasteiger partial charge in [-0.3, -0.25) is 0 Å². The molecule has 1 aromatic heterocycles. The molecule has 0 amide bonds. The van der Waals surface area contributed by atoms with Gasteiger partial charge in [0, 0.05) is 5.39 Å². The molecular formula is C20H16N6O2. The molecule has 0 bridgehead atoms. The molecule has 0 aliphatic heterocycles. The van der Waals surface area contributed by atoms with Crippen molar-refractivity contribution in [1.82, 2.24) is 20.2 Å². The highest BCUT2D eigenvalue weighted by Crippen LogP contribution is 2.23. The molecule has 0 aliphatic rings. The molecule has 1 heterocycles. The van der Waals surface area contributed by atoms with E-state index in [-0.39, 0.29) is 5.97 Å². The molecule has 0 unspecified atom stereocenters. The summed E-state index contributed by atoms with van der Waals surface area (Å²) in [6, 6.07) is 20.8. The first-order chi connectivity index (χ1) is 13.8.